The highest BCUT2D eigenvalue weighted by Gasteiger charge is 2.17. The highest BCUT2D eigenvalue weighted by atomic mass is 127. The number of rotatable bonds is 7. The van der Waals surface area contributed by atoms with Crippen LogP contribution in [-0.4, -0.2) is 56.1 Å². The summed E-state index contributed by atoms with van der Waals surface area (Å²) in [5.41, 5.74) is 0. The average molecular weight is 525 g/mol. The van der Waals surface area contributed by atoms with E-state index in [-0.39, 0.29) is 36.4 Å². The Hall–Kier alpha value is -1.03. The first-order valence-electron chi connectivity index (χ1n) is 8.37. The van der Waals surface area contributed by atoms with Crippen LogP contribution in [0.25, 0.3) is 0 Å². The molecule has 0 radical (unpaired) electrons. The number of aliphatic imine (C=N–C) groups is 1. The van der Waals surface area contributed by atoms with Gasteiger partial charge in [-0.25, -0.2) is 4.99 Å². The Labute approximate surface area is 174 Å². The van der Waals surface area contributed by atoms with E-state index < -0.39 is 0 Å². The summed E-state index contributed by atoms with van der Waals surface area (Å²) in [5, 5.41) is 6.32. The number of hydrogen-bond acceptors (Lipinski definition) is 3. The quantitative estimate of drug-likeness (QED) is 0.249. The molecule has 0 saturated carbocycles. The summed E-state index contributed by atoms with van der Waals surface area (Å²) >= 11 is 3.42. The lowest BCUT2D eigenvalue weighted by Gasteiger charge is -2.15. The fourth-order valence-corrected chi connectivity index (χ4v) is 2.83. The number of guanidine groups is 1. The maximum Gasteiger partial charge on any atom is 0.244 e. The van der Waals surface area contributed by atoms with E-state index in [9.17, 15) is 4.79 Å². The van der Waals surface area contributed by atoms with Crippen molar-refractivity contribution in [3.05, 3.63) is 28.7 Å². The van der Waals surface area contributed by atoms with Crippen LogP contribution >= 0.6 is 39.9 Å². The van der Waals surface area contributed by atoms with Crippen molar-refractivity contribution in [1.82, 2.24) is 15.5 Å². The van der Waals surface area contributed by atoms with Crippen molar-refractivity contribution in [2.45, 2.75) is 19.8 Å². The van der Waals surface area contributed by atoms with Gasteiger partial charge >= 0.3 is 0 Å². The van der Waals surface area contributed by atoms with Gasteiger partial charge in [0, 0.05) is 24.1 Å². The molecule has 2 rings (SSSR count). The molecular formula is C17H26BrIN4O2. The van der Waals surface area contributed by atoms with Crippen molar-refractivity contribution in [2.24, 2.45) is 4.99 Å². The van der Waals surface area contributed by atoms with Gasteiger partial charge in [-0.15, -0.1) is 24.0 Å². The van der Waals surface area contributed by atoms with E-state index >= 15 is 0 Å². The molecule has 8 heteroatoms. The SMILES string of the molecule is CCNC(=NCC(=O)N1CCCC1)NCCOc1cccc(Br)c1.I. The van der Waals surface area contributed by atoms with E-state index in [2.05, 4.69) is 31.6 Å². The van der Waals surface area contributed by atoms with Crippen molar-refractivity contribution >= 4 is 51.8 Å². The number of nitrogens with zero attached hydrogens (tertiary/aromatic N) is 2. The standard InChI is InChI=1S/C17H25BrN4O2.HI/c1-2-19-17(21-13-16(23)22-9-3-4-10-22)20-8-11-24-15-7-5-6-14(18)12-15;/h5-7,12H,2-4,8-11,13H2,1H3,(H2,19,20,21);1H. The van der Waals surface area contributed by atoms with Crippen LogP contribution in [0.4, 0.5) is 0 Å². The third-order valence-electron chi connectivity index (χ3n) is 3.63. The molecule has 2 N–H and O–H groups in total. The molecule has 0 aromatic heterocycles. The minimum Gasteiger partial charge on any atom is -0.492 e. The molecule has 1 aromatic rings. The molecule has 0 aliphatic carbocycles. The third-order valence-corrected chi connectivity index (χ3v) is 4.13. The van der Waals surface area contributed by atoms with Crippen LogP contribution in [0, 0.1) is 0 Å². The number of likely N-dealkylation sites (tertiary alicyclic amines) is 1. The van der Waals surface area contributed by atoms with Crippen molar-refractivity contribution in [3.63, 3.8) is 0 Å². The summed E-state index contributed by atoms with van der Waals surface area (Å²) in [6.07, 6.45) is 2.20. The third kappa shape index (κ3) is 8.26. The number of carbonyl (C=O) groups is 1. The van der Waals surface area contributed by atoms with Gasteiger partial charge in [-0.1, -0.05) is 22.0 Å². The van der Waals surface area contributed by atoms with Gasteiger partial charge < -0.3 is 20.3 Å². The summed E-state index contributed by atoms with van der Waals surface area (Å²) in [4.78, 5) is 18.3. The Kier molecular flexibility index (Phi) is 10.9. The molecule has 1 saturated heterocycles. The summed E-state index contributed by atoms with van der Waals surface area (Å²) < 4.78 is 6.66. The molecule has 1 aliphatic heterocycles. The molecule has 1 fully saturated rings. The van der Waals surface area contributed by atoms with E-state index in [1.165, 1.54) is 0 Å². The van der Waals surface area contributed by atoms with E-state index in [0.29, 0.717) is 19.1 Å². The Morgan fingerprint density at radius 2 is 2.08 bits per heavy atom. The molecule has 0 spiro atoms. The molecule has 1 amide bonds. The number of halogens is 2. The number of nitrogens with one attached hydrogen (secondary N) is 2. The first kappa shape index (κ1) is 22.0. The minimum absolute atomic E-state index is 0. The predicted molar refractivity (Wildman–Crippen MR) is 115 cm³/mol. The predicted octanol–water partition coefficient (Wildman–Crippen LogP) is 2.62. The van der Waals surface area contributed by atoms with Crippen LogP contribution in [0.5, 0.6) is 5.75 Å². The largest absolute Gasteiger partial charge is 0.492 e. The zero-order chi connectivity index (χ0) is 17.2. The van der Waals surface area contributed by atoms with Crippen molar-refractivity contribution in [1.29, 1.82) is 0 Å². The topological polar surface area (TPSA) is 66.0 Å². The van der Waals surface area contributed by atoms with E-state index in [1.807, 2.05) is 36.1 Å². The zero-order valence-electron chi connectivity index (χ0n) is 14.5. The summed E-state index contributed by atoms with van der Waals surface area (Å²) in [6.45, 7) is 5.77. The Morgan fingerprint density at radius 1 is 1.32 bits per heavy atom. The minimum atomic E-state index is 0. The second-order valence-corrected chi connectivity index (χ2v) is 6.43. The number of amides is 1. The molecule has 140 valence electrons. The van der Waals surface area contributed by atoms with Crippen LogP contribution in [0.15, 0.2) is 33.7 Å². The lowest BCUT2D eigenvalue weighted by atomic mass is 10.3. The highest BCUT2D eigenvalue weighted by Crippen LogP contribution is 2.17. The van der Waals surface area contributed by atoms with E-state index in [0.717, 1.165) is 42.7 Å². The van der Waals surface area contributed by atoms with Crippen molar-refractivity contribution in [3.8, 4) is 5.75 Å². The maximum atomic E-state index is 12.0. The van der Waals surface area contributed by atoms with Gasteiger partial charge in [0.1, 0.15) is 18.9 Å². The molecule has 0 atom stereocenters. The monoisotopic (exact) mass is 524 g/mol. The van der Waals surface area contributed by atoms with Crippen LogP contribution in [-0.2, 0) is 4.79 Å². The normalized spacial score (nSPS) is 14.0. The lowest BCUT2D eigenvalue weighted by Crippen LogP contribution is -2.40. The smallest absolute Gasteiger partial charge is 0.244 e. The number of hydrogen-bond donors (Lipinski definition) is 2. The fourth-order valence-electron chi connectivity index (χ4n) is 2.45. The molecule has 1 heterocycles. The highest BCUT2D eigenvalue weighted by molar-refractivity contribution is 14.0. The second kappa shape index (κ2) is 12.3. The summed E-state index contributed by atoms with van der Waals surface area (Å²) in [5.74, 6) is 1.55. The van der Waals surface area contributed by atoms with Gasteiger partial charge in [0.25, 0.3) is 0 Å². The van der Waals surface area contributed by atoms with Crippen molar-refractivity contribution in [2.75, 3.05) is 39.3 Å². The molecule has 1 aromatic carbocycles. The van der Waals surface area contributed by atoms with Gasteiger partial charge in [-0.05, 0) is 38.0 Å². The van der Waals surface area contributed by atoms with Crippen LogP contribution in [0.2, 0.25) is 0 Å². The Bertz CT molecular complexity index is 565. The van der Waals surface area contributed by atoms with Crippen LogP contribution in [0.1, 0.15) is 19.8 Å². The van der Waals surface area contributed by atoms with Crippen LogP contribution < -0.4 is 15.4 Å². The van der Waals surface area contributed by atoms with Crippen molar-refractivity contribution < 1.29 is 9.53 Å². The first-order chi connectivity index (χ1) is 11.7. The summed E-state index contributed by atoms with van der Waals surface area (Å²) in [6, 6.07) is 7.73. The molecule has 0 bridgehead atoms. The Balaban J connectivity index is 0.00000312. The first-order valence-corrected chi connectivity index (χ1v) is 9.16. The molecule has 6 nitrogen and oxygen atoms in total. The van der Waals surface area contributed by atoms with Gasteiger partial charge in [-0.2, -0.15) is 0 Å². The molecule has 1 aliphatic rings. The van der Waals surface area contributed by atoms with Gasteiger partial charge in [-0.3, -0.25) is 4.79 Å². The Morgan fingerprint density at radius 3 is 2.76 bits per heavy atom. The molecule has 25 heavy (non-hydrogen) atoms. The molecular weight excluding hydrogens is 499 g/mol. The van der Waals surface area contributed by atoms with Gasteiger partial charge in [0.2, 0.25) is 5.91 Å². The second-order valence-electron chi connectivity index (χ2n) is 5.52. The lowest BCUT2D eigenvalue weighted by molar-refractivity contribution is -0.128. The van der Waals surface area contributed by atoms with Crippen LogP contribution in [0.3, 0.4) is 0 Å². The number of benzene rings is 1. The summed E-state index contributed by atoms with van der Waals surface area (Å²) in [7, 11) is 0. The van der Waals surface area contributed by atoms with E-state index in [1.54, 1.807) is 0 Å². The number of carbonyl (C=O) groups excluding carboxylic acids is 1. The number of ether oxygens (including phenoxy) is 1. The fraction of sp³-hybridized carbons (Fsp3) is 0.529. The van der Waals surface area contributed by atoms with Gasteiger partial charge in [0.05, 0.1) is 6.54 Å². The average Bonchev–Trinajstić information content (AvgIpc) is 3.11. The van der Waals surface area contributed by atoms with Gasteiger partial charge in [0.15, 0.2) is 5.96 Å². The molecule has 0 unspecified atom stereocenters. The van der Waals surface area contributed by atoms with E-state index in [4.69, 9.17) is 4.74 Å². The maximum absolute atomic E-state index is 12.0. The zero-order valence-corrected chi connectivity index (χ0v) is 18.4.